The summed E-state index contributed by atoms with van der Waals surface area (Å²) in [6, 6.07) is 11.7. The standard InChI is InChI=1S/C19H20ClFN2O/c20-15-6-7-18(21)17(13-15)19(24)22-16-5-3-4-14(12-16)8-11-23-9-1-2-10-23/h3-7,12-13H,1-2,8-11H2,(H,22,24). The number of halogens is 2. The predicted molar refractivity (Wildman–Crippen MR) is 95.2 cm³/mol. The number of carbonyl (C=O) groups excluding carboxylic acids is 1. The number of nitrogens with zero attached hydrogens (tertiary/aromatic N) is 1. The zero-order chi connectivity index (χ0) is 16.9. The summed E-state index contributed by atoms with van der Waals surface area (Å²) in [5, 5.41) is 3.08. The van der Waals surface area contributed by atoms with E-state index in [4.69, 9.17) is 11.6 Å². The minimum absolute atomic E-state index is 0.0510. The molecular formula is C19H20ClFN2O. The maximum Gasteiger partial charge on any atom is 0.258 e. The van der Waals surface area contributed by atoms with Crippen molar-refractivity contribution in [1.29, 1.82) is 0 Å². The highest BCUT2D eigenvalue weighted by molar-refractivity contribution is 6.31. The largest absolute Gasteiger partial charge is 0.322 e. The van der Waals surface area contributed by atoms with Gasteiger partial charge >= 0.3 is 0 Å². The minimum Gasteiger partial charge on any atom is -0.322 e. The Labute approximate surface area is 146 Å². The van der Waals surface area contributed by atoms with Gasteiger partial charge in [0, 0.05) is 17.3 Å². The number of benzene rings is 2. The molecule has 1 aliphatic rings. The van der Waals surface area contributed by atoms with Crippen LogP contribution in [0.3, 0.4) is 0 Å². The van der Waals surface area contributed by atoms with Crippen LogP contribution in [-0.2, 0) is 6.42 Å². The molecule has 1 N–H and O–H groups in total. The van der Waals surface area contributed by atoms with Gasteiger partial charge in [0.1, 0.15) is 5.82 Å². The lowest BCUT2D eigenvalue weighted by Crippen LogP contribution is -2.22. The van der Waals surface area contributed by atoms with E-state index in [1.807, 2.05) is 18.2 Å². The lowest BCUT2D eigenvalue weighted by Gasteiger charge is -2.14. The van der Waals surface area contributed by atoms with Crippen LogP contribution in [0.15, 0.2) is 42.5 Å². The first-order valence-electron chi connectivity index (χ1n) is 8.19. The fourth-order valence-electron chi connectivity index (χ4n) is 2.97. The third-order valence-corrected chi connectivity index (χ3v) is 4.51. The van der Waals surface area contributed by atoms with Crippen LogP contribution in [0.1, 0.15) is 28.8 Å². The summed E-state index contributed by atoms with van der Waals surface area (Å²) in [7, 11) is 0. The second kappa shape index (κ2) is 7.77. The summed E-state index contributed by atoms with van der Waals surface area (Å²) in [5.41, 5.74) is 1.77. The fourth-order valence-corrected chi connectivity index (χ4v) is 3.14. The molecule has 24 heavy (non-hydrogen) atoms. The zero-order valence-corrected chi connectivity index (χ0v) is 14.2. The lowest BCUT2D eigenvalue weighted by atomic mass is 10.1. The van der Waals surface area contributed by atoms with Gasteiger partial charge in [-0.2, -0.15) is 0 Å². The van der Waals surface area contributed by atoms with Gasteiger partial charge in [0.25, 0.3) is 5.91 Å². The Balaban J connectivity index is 1.65. The predicted octanol–water partition coefficient (Wildman–Crippen LogP) is 4.37. The van der Waals surface area contributed by atoms with Gasteiger partial charge in [-0.25, -0.2) is 4.39 Å². The Hall–Kier alpha value is -1.91. The highest BCUT2D eigenvalue weighted by Gasteiger charge is 2.13. The van der Waals surface area contributed by atoms with Gasteiger partial charge in [-0.15, -0.1) is 0 Å². The van der Waals surface area contributed by atoms with Crippen LogP contribution in [0.4, 0.5) is 10.1 Å². The van der Waals surface area contributed by atoms with Crippen LogP contribution in [0.5, 0.6) is 0 Å². The molecule has 1 fully saturated rings. The molecule has 126 valence electrons. The first-order chi connectivity index (χ1) is 11.6. The van der Waals surface area contributed by atoms with E-state index in [0.717, 1.165) is 18.5 Å². The normalized spacial score (nSPS) is 14.8. The topological polar surface area (TPSA) is 32.3 Å². The summed E-state index contributed by atoms with van der Waals surface area (Å²) in [6.45, 7) is 3.37. The summed E-state index contributed by atoms with van der Waals surface area (Å²) in [4.78, 5) is 14.7. The van der Waals surface area contributed by atoms with E-state index in [0.29, 0.717) is 10.7 Å². The van der Waals surface area contributed by atoms with Crippen molar-refractivity contribution in [2.45, 2.75) is 19.3 Å². The molecule has 0 bridgehead atoms. The first kappa shape index (κ1) is 16.9. The second-order valence-electron chi connectivity index (χ2n) is 6.08. The smallest absolute Gasteiger partial charge is 0.258 e. The van der Waals surface area contributed by atoms with Crippen molar-refractivity contribution >= 4 is 23.2 Å². The highest BCUT2D eigenvalue weighted by Crippen LogP contribution is 2.18. The second-order valence-corrected chi connectivity index (χ2v) is 6.51. The van der Waals surface area contributed by atoms with Crippen molar-refractivity contribution in [1.82, 2.24) is 4.90 Å². The molecule has 2 aromatic rings. The quantitative estimate of drug-likeness (QED) is 0.871. The van der Waals surface area contributed by atoms with Crippen molar-refractivity contribution < 1.29 is 9.18 Å². The van der Waals surface area contributed by atoms with E-state index in [9.17, 15) is 9.18 Å². The summed E-state index contributed by atoms with van der Waals surface area (Å²) in [6.07, 6.45) is 3.50. The molecule has 3 rings (SSSR count). The highest BCUT2D eigenvalue weighted by atomic mass is 35.5. The van der Waals surface area contributed by atoms with Crippen LogP contribution < -0.4 is 5.32 Å². The average Bonchev–Trinajstić information content (AvgIpc) is 3.09. The van der Waals surface area contributed by atoms with E-state index < -0.39 is 11.7 Å². The van der Waals surface area contributed by atoms with Gasteiger partial charge < -0.3 is 10.2 Å². The SMILES string of the molecule is O=C(Nc1cccc(CCN2CCCC2)c1)c1cc(Cl)ccc1F. The third kappa shape index (κ3) is 4.34. The lowest BCUT2D eigenvalue weighted by molar-refractivity contribution is 0.102. The Morgan fingerprint density at radius 3 is 2.75 bits per heavy atom. The van der Waals surface area contributed by atoms with E-state index in [1.165, 1.54) is 44.1 Å². The van der Waals surface area contributed by atoms with Gasteiger partial charge in [-0.05, 0) is 68.2 Å². The number of carbonyl (C=O) groups is 1. The Morgan fingerprint density at radius 2 is 1.96 bits per heavy atom. The van der Waals surface area contributed by atoms with E-state index in [2.05, 4.69) is 10.2 Å². The number of likely N-dealkylation sites (tertiary alicyclic amines) is 1. The molecule has 5 heteroatoms. The molecule has 0 radical (unpaired) electrons. The van der Waals surface area contributed by atoms with Crippen LogP contribution in [0.2, 0.25) is 5.02 Å². The number of rotatable bonds is 5. The molecule has 1 aliphatic heterocycles. The van der Waals surface area contributed by atoms with Crippen LogP contribution in [0.25, 0.3) is 0 Å². The molecular weight excluding hydrogens is 327 g/mol. The fraction of sp³-hybridized carbons (Fsp3) is 0.316. The van der Waals surface area contributed by atoms with Crippen molar-refractivity contribution in [3.8, 4) is 0 Å². The molecule has 1 saturated heterocycles. The molecule has 0 aliphatic carbocycles. The van der Waals surface area contributed by atoms with E-state index >= 15 is 0 Å². The summed E-state index contributed by atoms with van der Waals surface area (Å²) < 4.78 is 13.8. The Kier molecular flexibility index (Phi) is 5.48. The molecule has 0 saturated carbocycles. The van der Waals surface area contributed by atoms with Crippen molar-refractivity contribution in [3.63, 3.8) is 0 Å². The Morgan fingerprint density at radius 1 is 1.17 bits per heavy atom. The van der Waals surface area contributed by atoms with Gasteiger partial charge in [0.2, 0.25) is 0 Å². The molecule has 0 aromatic heterocycles. The van der Waals surface area contributed by atoms with Crippen LogP contribution in [0, 0.1) is 5.82 Å². The number of hydrogen-bond donors (Lipinski definition) is 1. The third-order valence-electron chi connectivity index (χ3n) is 4.27. The Bertz CT molecular complexity index is 729. The monoisotopic (exact) mass is 346 g/mol. The molecule has 0 spiro atoms. The maximum atomic E-state index is 13.8. The van der Waals surface area contributed by atoms with Crippen molar-refractivity contribution in [2.75, 3.05) is 25.0 Å². The minimum atomic E-state index is -0.581. The number of anilines is 1. The van der Waals surface area contributed by atoms with Crippen molar-refractivity contribution in [3.05, 3.63) is 64.4 Å². The molecule has 0 atom stereocenters. The van der Waals surface area contributed by atoms with Gasteiger partial charge in [-0.3, -0.25) is 4.79 Å². The molecule has 2 aromatic carbocycles. The number of hydrogen-bond acceptors (Lipinski definition) is 2. The first-order valence-corrected chi connectivity index (χ1v) is 8.57. The number of nitrogens with one attached hydrogen (secondary N) is 1. The summed E-state index contributed by atoms with van der Waals surface area (Å²) in [5.74, 6) is -1.08. The zero-order valence-electron chi connectivity index (χ0n) is 13.4. The average molecular weight is 347 g/mol. The maximum absolute atomic E-state index is 13.8. The number of amides is 1. The summed E-state index contributed by atoms with van der Waals surface area (Å²) >= 11 is 5.84. The van der Waals surface area contributed by atoms with Crippen LogP contribution in [-0.4, -0.2) is 30.4 Å². The molecule has 1 heterocycles. The van der Waals surface area contributed by atoms with Gasteiger partial charge in [0.05, 0.1) is 5.56 Å². The molecule has 3 nitrogen and oxygen atoms in total. The molecule has 1 amide bonds. The van der Waals surface area contributed by atoms with E-state index in [-0.39, 0.29) is 5.56 Å². The molecule has 0 unspecified atom stereocenters. The van der Waals surface area contributed by atoms with Gasteiger partial charge in [-0.1, -0.05) is 23.7 Å². The van der Waals surface area contributed by atoms with E-state index in [1.54, 1.807) is 6.07 Å². The van der Waals surface area contributed by atoms with Gasteiger partial charge in [0.15, 0.2) is 0 Å². The van der Waals surface area contributed by atoms with Crippen molar-refractivity contribution in [2.24, 2.45) is 0 Å². The van der Waals surface area contributed by atoms with Crippen LogP contribution >= 0.6 is 11.6 Å².